The van der Waals surface area contributed by atoms with E-state index in [0.717, 1.165) is 12.2 Å². The number of rotatable bonds is 0. The first-order chi connectivity index (χ1) is 5.47. The molecule has 0 fully saturated rings. The molecule has 0 atom stereocenters. The molecule has 1 aliphatic heterocycles. The third-order valence-corrected chi connectivity index (χ3v) is 2.88. The number of fused-ring (bicyclic) bond motifs is 1. The molecule has 0 spiro atoms. The molecule has 0 nitrogen and oxygen atoms in total. The van der Waals surface area contributed by atoms with Crippen LogP contribution >= 0.6 is 11.8 Å². The summed E-state index contributed by atoms with van der Waals surface area (Å²) >= 11 is 1.92. The normalized spacial score (nSPS) is 15.6. The molecule has 1 aliphatic rings. The van der Waals surface area contributed by atoms with Crippen LogP contribution in [0.2, 0.25) is 0 Å². The molecule has 0 amide bonds. The summed E-state index contributed by atoms with van der Waals surface area (Å²) in [5.74, 6) is 1.12. The van der Waals surface area contributed by atoms with Gasteiger partial charge in [-0.1, -0.05) is 30.4 Å². The fourth-order valence-electron chi connectivity index (χ4n) is 1.23. The first-order valence-corrected chi connectivity index (χ1v) is 4.81. The molecule has 0 radical (unpaired) electrons. The van der Waals surface area contributed by atoms with Crippen molar-refractivity contribution in [3.05, 3.63) is 42.0 Å². The van der Waals surface area contributed by atoms with E-state index in [1.54, 1.807) is 0 Å². The lowest BCUT2D eigenvalue weighted by atomic mass is 10.1. The van der Waals surface area contributed by atoms with E-state index in [2.05, 4.69) is 36.4 Å². The van der Waals surface area contributed by atoms with Crippen LogP contribution in [-0.2, 0) is 6.42 Å². The van der Waals surface area contributed by atoms with Gasteiger partial charge in [-0.2, -0.15) is 0 Å². The minimum absolute atomic E-state index is 1.10. The molecule has 1 aromatic carbocycles. The molecule has 0 bridgehead atoms. The Hall–Kier alpha value is -0.690. The van der Waals surface area contributed by atoms with Gasteiger partial charge in [0.25, 0.3) is 0 Å². The van der Waals surface area contributed by atoms with E-state index in [0.29, 0.717) is 0 Å². The Labute approximate surface area is 71.3 Å². The Morgan fingerprint density at radius 3 is 3.00 bits per heavy atom. The summed E-state index contributed by atoms with van der Waals surface area (Å²) in [6.07, 6.45) is 5.59. The Kier molecular flexibility index (Phi) is 1.99. The average Bonchev–Trinajstić information content (AvgIpc) is 2.28. The molecule has 0 unspecified atom stereocenters. The van der Waals surface area contributed by atoms with Crippen molar-refractivity contribution in [3.63, 3.8) is 0 Å². The van der Waals surface area contributed by atoms with E-state index in [1.807, 2.05) is 11.8 Å². The summed E-state index contributed by atoms with van der Waals surface area (Å²) in [5, 5.41) is 0. The van der Waals surface area contributed by atoms with Crippen LogP contribution in [0.4, 0.5) is 0 Å². The molecule has 0 aliphatic carbocycles. The third kappa shape index (κ3) is 1.48. The van der Waals surface area contributed by atoms with Crippen molar-refractivity contribution in [1.82, 2.24) is 0 Å². The van der Waals surface area contributed by atoms with Gasteiger partial charge in [-0.05, 0) is 18.1 Å². The van der Waals surface area contributed by atoms with Crippen LogP contribution in [0.1, 0.15) is 5.56 Å². The van der Waals surface area contributed by atoms with Gasteiger partial charge in [-0.3, -0.25) is 0 Å². The Morgan fingerprint density at radius 1 is 1.09 bits per heavy atom. The maximum Gasteiger partial charge on any atom is 0.0161 e. The molecule has 2 rings (SSSR count). The van der Waals surface area contributed by atoms with Gasteiger partial charge >= 0.3 is 0 Å². The van der Waals surface area contributed by atoms with Crippen molar-refractivity contribution in [2.75, 3.05) is 5.75 Å². The maximum absolute atomic E-state index is 2.25. The van der Waals surface area contributed by atoms with Crippen LogP contribution in [0.3, 0.4) is 0 Å². The lowest BCUT2D eigenvalue weighted by Gasteiger charge is -2.01. The lowest BCUT2D eigenvalue weighted by Crippen LogP contribution is -1.81. The maximum atomic E-state index is 2.25. The van der Waals surface area contributed by atoms with Crippen LogP contribution in [0.15, 0.2) is 41.3 Å². The summed E-state index contributed by atoms with van der Waals surface area (Å²) in [6.45, 7) is 0. The topological polar surface area (TPSA) is 0 Å². The van der Waals surface area contributed by atoms with Gasteiger partial charge in [0.2, 0.25) is 0 Å². The highest BCUT2D eigenvalue weighted by Crippen LogP contribution is 2.25. The smallest absolute Gasteiger partial charge is 0.0161 e. The van der Waals surface area contributed by atoms with E-state index in [4.69, 9.17) is 0 Å². The molecule has 0 aromatic heterocycles. The van der Waals surface area contributed by atoms with Gasteiger partial charge in [0, 0.05) is 10.6 Å². The van der Waals surface area contributed by atoms with Gasteiger partial charge in [0.1, 0.15) is 0 Å². The van der Waals surface area contributed by atoms with Gasteiger partial charge in [0.05, 0.1) is 0 Å². The largest absolute Gasteiger partial charge is 0.122 e. The molecule has 0 saturated heterocycles. The quantitative estimate of drug-likeness (QED) is 0.528. The Bertz CT molecular complexity index is 276. The molecule has 0 saturated carbocycles. The second kappa shape index (κ2) is 3.14. The van der Waals surface area contributed by atoms with E-state index in [1.165, 1.54) is 10.5 Å². The lowest BCUT2D eigenvalue weighted by molar-refractivity contribution is 1.19. The van der Waals surface area contributed by atoms with Crippen molar-refractivity contribution in [2.45, 2.75) is 11.3 Å². The monoisotopic (exact) mass is 162 g/mol. The van der Waals surface area contributed by atoms with Crippen molar-refractivity contribution in [2.24, 2.45) is 0 Å². The van der Waals surface area contributed by atoms with Crippen molar-refractivity contribution < 1.29 is 0 Å². The zero-order valence-electron chi connectivity index (χ0n) is 6.29. The highest BCUT2D eigenvalue weighted by atomic mass is 32.2. The fraction of sp³-hybridized carbons (Fsp3) is 0.200. The molecular formula is C10H10S. The number of benzene rings is 1. The minimum Gasteiger partial charge on any atom is -0.122 e. The van der Waals surface area contributed by atoms with E-state index < -0.39 is 0 Å². The molecule has 56 valence electrons. The van der Waals surface area contributed by atoms with Crippen LogP contribution in [0, 0.1) is 0 Å². The molecule has 1 heteroatoms. The van der Waals surface area contributed by atoms with Crippen molar-refractivity contribution >= 4 is 11.8 Å². The molecule has 0 N–H and O–H groups in total. The summed E-state index contributed by atoms with van der Waals surface area (Å²) in [4.78, 5) is 1.44. The number of allylic oxidation sites excluding steroid dienone is 1. The highest BCUT2D eigenvalue weighted by molar-refractivity contribution is 7.99. The molecule has 11 heavy (non-hydrogen) atoms. The number of thioether (sulfide) groups is 1. The number of hydrogen-bond acceptors (Lipinski definition) is 1. The Balaban J connectivity index is 2.40. The molecule has 1 aromatic rings. The minimum atomic E-state index is 1.10. The van der Waals surface area contributed by atoms with Crippen molar-refractivity contribution in [1.29, 1.82) is 0 Å². The summed E-state index contributed by atoms with van der Waals surface area (Å²) < 4.78 is 0. The SMILES string of the molecule is C1=CCc2ccccc2SC1. The summed E-state index contributed by atoms with van der Waals surface area (Å²) in [5.41, 5.74) is 1.46. The first kappa shape index (κ1) is 6.99. The van der Waals surface area contributed by atoms with Crippen LogP contribution < -0.4 is 0 Å². The van der Waals surface area contributed by atoms with Crippen LogP contribution in [0.25, 0.3) is 0 Å². The van der Waals surface area contributed by atoms with E-state index in [-0.39, 0.29) is 0 Å². The highest BCUT2D eigenvalue weighted by Gasteiger charge is 2.01. The van der Waals surface area contributed by atoms with Gasteiger partial charge in [-0.25, -0.2) is 0 Å². The van der Waals surface area contributed by atoms with Gasteiger partial charge in [-0.15, -0.1) is 11.8 Å². The molecular weight excluding hydrogens is 152 g/mol. The molecule has 1 heterocycles. The van der Waals surface area contributed by atoms with E-state index >= 15 is 0 Å². The van der Waals surface area contributed by atoms with Gasteiger partial charge in [0.15, 0.2) is 0 Å². The fourth-order valence-corrected chi connectivity index (χ4v) is 2.15. The second-order valence-corrected chi connectivity index (χ2v) is 3.66. The summed E-state index contributed by atoms with van der Waals surface area (Å²) in [7, 11) is 0. The zero-order valence-corrected chi connectivity index (χ0v) is 7.10. The third-order valence-electron chi connectivity index (χ3n) is 1.81. The predicted molar refractivity (Wildman–Crippen MR) is 50.0 cm³/mol. The Morgan fingerprint density at radius 2 is 2.00 bits per heavy atom. The second-order valence-electron chi connectivity index (χ2n) is 2.59. The van der Waals surface area contributed by atoms with Crippen molar-refractivity contribution in [3.8, 4) is 0 Å². The standard InChI is InChI=1S/C10H10S/c1-2-7-10-9(5-1)6-3-4-8-11-10/h1-5,7H,6,8H2. The van der Waals surface area contributed by atoms with Gasteiger partial charge < -0.3 is 0 Å². The zero-order chi connectivity index (χ0) is 7.52. The van der Waals surface area contributed by atoms with Crippen LogP contribution in [-0.4, -0.2) is 5.75 Å². The van der Waals surface area contributed by atoms with E-state index in [9.17, 15) is 0 Å². The average molecular weight is 162 g/mol. The van der Waals surface area contributed by atoms with Crippen LogP contribution in [0.5, 0.6) is 0 Å². The first-order valence-electron chi connectivity index (χ1n) is 3.82. The summed E-state index contributed by atoms with van der Waals surface area (Å²) in [6, 6.07) is 8.63. The predicted octanol–water partition coefficient (Wildman–Crippen LogP) is 2.89. The number of hydrogen-bond donors (Lipinski definition) is 0.